The molecule has 2 aliphatic carbocycles. The number of aldehydes is 1. The van der Waals surface area contributed by atoms with Gasteiger partial charge in [-0.2, -0.15) is 0 Å². The molecule has 0 radical (unpaired) electrons. The van der Waals surface area contributed by atoms with Gasteiger partial charge >= 0.3 is 0 Å². The third-order valence-corrected chi connectivity index (χ3v) is 7.77. The normalized spacial score (nSPS) is 27.7. The highest BCUT2D eigenvalue weighted by molar-refractivity contribution is 5.91. The van der Waals surface area contributed by atoms with Gasteiger partial charge in [0.25, 0.3) is 0 Å². The lowest BCUT2D eigenvalue weighted by Gasteiger charge is -2.33. The zero-order chi connectivity index (χ0) is 19.8. The molecule has 1 aromatic carbocycles. The average molecular weight is 388 g/mol. The zero-order valence-corrected chi connectivity index (χ0v) is 17.7. The molecule has 1 fully saturated rings. The van der Waals surface area contributed by atoms with Crippen molar-refractivity contribution in [2.45, 2.75) is 83.1 Å². The van der Waals surface area contributed by atoms with Crippen LogP contribution in [-0.4, -0.2) is 10.9 Å². The van der Waals surface area contributed by atoms with Crippen LogP contribution in [0.15, 0.2) is 42.5 Å². The Kier molecular flexibility index (Phi) is 4.97. The minimum absolute atomic E-state index is 0.183. The topological polar surface area (TPSA) is 22.0 Å². The lowest BCUT2D eigenvalue weighted by atomic mass is 9.71. The molecule has 2 unspecified atom stereocenters. The molecule has 0 N–H and O–H groups in total. The van der Waals surface area contributed by atoms with E-state index in [1.165, 1.54) is 62.3 Å². The number of nitrogens with zero attached hydrogens (tertiary/aromatic N) is 1. The smallest absolute Gasteiger partial charge is 0.150 e. The molecular weight excluding hydrogens is 354 g/mol. The minimum Gasteiger partial charge on any atom is -0.344 e. The molecule has 5 rings (SSSR count). The molecule has 1 aliphatic heterocycles. The van der Waals surface area contributed by atoms with Crippen LogP contribution in [0.5, 0.6) is 0 Å². The molecule has 152 valence electrons. The fraction of sp³-hybridized carbons (Fsp3) is 0.519. The van der Waals surface area contributed by atoms with E-state index in [-0.39, 0.29) is 5.41 Å². The van der Waals surface area contributed by atoms with Gasteiger partial charge in [0.05, 0.1) is 0 Å². The molecule has 0 saturated heterocycles. The summed E-state index contributed by atoms with van der Waals surface area (Å²) >= 11 is 0. The van der Waals surface area contributed by atoms with E-state index in [1.54, 1.807) is 11.3 Å². The summed E-state index contributed by atoms with van der Waals surface area (Å²) < 4.78 is 2.60. The van der Waals surface area contributed by atoms with E-state index in [4.69, 9.17) is 0 Å². The second-order valence-electron chi connectivity index (χ2n) is 9.69. The fourth-order valence-corrected chi connectivity index (χ4v) is 6.27. The van der Waals surface area contributed by atoms with Crippen molar-refractivity contribution >= 4 is 17.2 Å². The summed E-state index contributed by atoms with van der Waals surface area (Å²) in [5.41, 5.74) is 5.43. The van der Waals surface area contributed by atoms with Gasteiger partial charge in [0.1, 0.15) is 6.29 Å². The number of hydrogen-bond acceptors (Lipinski definition) is 1. The third kappa shape index (κ3) is 3.21. The standard InChI is InChI=1S/C27H33NO/c1-27-15-8-4-7-12-23(27)26-25(21-10-5-2-3-6-11-21)22-14-13-20(19-29)18-24(22)28(26)17-9-16-27/h7-8,12-15,18-19,21,23H,2-6,9-11,16-17H2,1H3. The summed E-state index contributed by atoms with van der Waals surface area (Å²) in [5.74, 6) is 1.08. The first-order chi connectivity index (χ1) is 14.2. The van der Waals surface area contributed by atoms with E-state index in [0.717, 1.165) is 24.8 Å². The van der Waals surface area contributed by atoms with Gasteiger partial charge < -0.3 is 4.57 Å². The molecule has 29 heavy (non-hydrogen) atoms. The Morgan fingerprint density at radius 2 is 1.90 bits per heavy atom. The number of allylic oxidation sites excluding steroid dienone is 4. The largest absolute Gasteiger partial charge is 0.344 e. The van der Waals surface area contributed by atoms with Crippen molar-refractivity contribution < 1.29 is 4.79 Å². The average Bonchev–Trinajstić information content (AvgIpc) is 2.99. The molecule has 0 bridgehead atoms. The molecule has 2 heteroatoms. The monoisotopic (exact) mass is 387 g/mol. The molecule has 1 saturated carbocycles. The first-order valence-corrected chi connectivity index (χ1v) is 11.7. The van der Waals surface area contributed by atoms with Crippen molar-refractivity contribution in [1.82, 2.24) is 4.57 Å². The van der Waals surface area contributed by atoms with Gasteiger partial charge in [-0.05, 0) is 55.1 Å². The Labute approximate surface area is 174 Å². The van der Waals surface area contributed by atoms with E-state index in [1.807, 2.05) is 6.07 Å². The van der Waals surface area contributed by atoms with Gasteiger partial charge in [-0.15, -0.1) is 0 Å². The van der Waals surface area contributed by atoms with Gasteiger partial charge in [-0.3, -0.25) is 4.79 Å². The number of rotatable bonds is 2. The lowest BCUT2D eigenvalue weighted by Crippen LogP contribution is -2.23. The lowest BCUT2D eigenvalue weighted by molar-refractivity contribution is 0.112. The number of benzene rings is 1. The van der Waals surface area contributed by atoms with Crippen LogP contribution in [0.1, 0.15) is 98.2 Å². The summed E-state index contributed by atoms with van der Waals surface area (Å²) in [7, 11) is 0. The van der Waals surface area contributed by atoms with Crippen molar-refractivity contribution in [3.8, 4) is 0 Å². The third-order valence-electron chi connectivity index (χ3n) is 7.77. The van der Waals surface area contributed by atoms with E-state index < -0.39 is 0 Å². The van der Waals surface area contributed by atoms with Crippen molar-refractivity contribution in [1.29, 1.82) is 0 Å². The van der Waals surface area contributed by atoms with Crippen LogP contribution in [0.4, 0.5) is 0 Å². The molecule has 2 nitrogen and oxygen atoms in total. The second-order valence-corrected chi connectivity index (χ2v) is 9.69. The van der Waals surface area contributed by atoms with Crippen LogP contribution in [-0.2, 0) is 6.54 Å². The number of fused-ring (bicyclic) bond motifs is 5. The van der Waals surface area contributed by atoms with Crippen LogP contribution < -0.4 is 0 Å². The van der Waals surface area contributed by atoms with Crippen LogP contribution >= 0.6 is 0 Å². The highest BCUT2D eigenvalue weighted by atomic mass is 16.1. The summed E-state index contributed by atoms with van der Waals surface area (Å²) in [6.07, 6.45) is 22.3. The molecule has 2 atom stereocenters. The number of carbonyl (C=O) groups excluding carboxylic acids is 1. The van der Waals surface area contributed by atoms with E-state index in [2.05, 4.69) is 47.9 Å². The highest BCUT2D eigenvalue weighted by Crippen LogP contribution is 2.51. The first-order valence-electron chi connectivity index (χ1n) is 11.7. The van der Waals surface area contributed by atoms with Crippen LogP contribution in [0.2, 0.25) is 0 Å². The van der Waals surface area contributed by atoms with Gasteiger partial charge in [0, 0.05) is 34.6 Å². The second kappa shape index (κ2) is 7.63. The maximum atomic E-state index is 11.5. The number of aryl methyl sites for hydroxylation is 1. The summed E-state index contributed by atoms with van der Waals surface area (Å²) in [6.45, 7) is 3.53. The Bertz CT molecular complexity index is 970. The summed E-state index contributed by atoms with van der Waals surface area (Å²) in [4.78, 5) is 11.5. The number of carbonyl (C=O) groups is 1. The minimum atomic E-state index is 0.183. The molecule has 2 aromatic rings. The zero-order valence-electron chi connectivity index (χ0n) is 17.7. The number of hydrogen-bond donors (Lipinski definition) is 0. The molecular formula is C27H33NO. The Balaban J connectivity index is 1.79. The van der Waals surface area contributed by atoms with Gasteiger partial charge in [-0.1, -0.05) is 69.0 Å². The van der Waals surface area contributed by atoms with Crippen molar-refractivity contribution in [2.75, 3.05) is 0 Å². The van der Waals surface area contributed by atoms with Crippen LogP contribution in [0, 0.1) is 5.41 Å². The van der Waals surface area contributed by atoms with Crippen LogP contribution in [0.3, 0.4) is 0 Å². The molecule has 0 spiro atoms. The van der Waals surface area contributed by atoms with Crippen molar-refractivity contribution in [3.63, 3.8) is 0 Å². The molecule has 0 amide bonds. The predicted octanol–water partition coefficient (Wildman–Crippen LogP) is 7.29. The summed E-state index contributed by atoms with van der Waals surface area (Å²) in [5, 5.41) is 1.41. The molecule has 3 aliphatic rings. The first kappa shape index (κ1) is 18.9. The maximum absolute atomic E-state index is 11.5. The fourth-order valence-electron chi connectivity index (χ4n) is 6.27. The van der Waals surface area contributed by atoms with Crippen molar-refractivity contribution in [2.24, 2.45) is 5.41 Å². The van der Waals surface area contributed by atoms with E-state index in [0.29, 0.717) is 11.8 Å². The van der Waals surface area contributed by atoms with E-state index >= 15 is 0 Å². The number of aromatic nitrogens is 1. The van der Waals surface area contributed by atoms with Gasteiger partial charge in [0.15, 0.2) is 0 Å². The van der Waals surface area contributed by atoms with Gasteiger partial charge in [0.2, 0.25) is 0 Å². The highest BCUT2D eigenvalue weighted by Gasteiger charge is 2.39. The quantitative estimate of drug-likeness (QED) is 0.301. The Hall–Kier alpha value is -2.09. The predicted molar refractivity (Wildman–Crippen MR) is 121 cm³/mol. The van der Waals surface area contributed by atoms with E-state index in [9.17, 15) is 4.79 Å². The van der Waals surface area contributed by atoms with Gasteiger partial charge in [-0.25, -0.2) is 0 Å². The Morgan fingerprint density at radius 3 is 2.69 bits per heavy atom. The maximum Gasteiger partial charge on any atom is 0.150 e. The van der Waals surface area contributed by atoms with Crippen LogP contribution in [0.25, 0.3) is 10.9 Å². The summed E-state index contributed by atoms with van der Waals surface area (Å²) in [6, 6.07) is 6.41. The SMILES string of the molecule is CC12C=CCC=CC1c1c(C3CCCCCC3)c3ccc(C=O)cc3n1CCC2. The molecule has 1 aromatic heterocycles. The van der Waals surface area contributed by atoms with Crippen molar-refractivity contribution in [3.05, 3.63) is 59.3 Å². The molecule has 2 heterocycles. The Morgan fingerprint density at radius 1 is 1.07 bits per heavy atom.